The molecular formula is C11H13Br2NO3S. The summed E-state index contributed by atoms with van der Waals surface area (Å²) in [5.41, 5.74) is -0.0569. The SMILES string of the molecule is CC(C)(CS)COc1c(Br)cc([N+](=O)[O-])cc1Br. The molecule has 0 saturated carbocycles. The maximum atomic E-state index is 10.7. The lowest BCUT2D eigenvalue weighted by Gasteiger charge is -2.23. The van der Waals surface area contributed by atoms with Gasteiger partial charge < -0.3 is 4.74 Å². The van der Waals surface area contributed by atoms with Gasteiger partial charge >= 0.3 is 0 Å². The number of nitrogens with zero attached hydrogens (tertiary/aromatic N) is 1. The zero-order chi connectivity index (χ0) is 13.9. The van der Waals surface area contributed by atoms with E-state index in [0.29, 0.717) is 27.1 Å². The number of non-ortho nitro benzene ring substituents is 1. The van der Waals surface area contributed by atoms with Crippen LogP contribution < -0.4 is 4.74 Å². The molecule has 0 spiro atoms. The molecule has 0 radical (unpaired) electrons. The van der Waals surface area contributed by atoms with Gasteiger partial charge in [0, 0.05) is 17.5 Å². The Morgan fingerprint density at radius 2 is 1.89 bits per heavy atom. The van der Waals surface area contributed by atoms with E-state index in [-0.39, 0.29) is 11.1 Å². The summed E-state index contributed by atoms with van der Waals surface area (Å²) in [6.07, 6.45) is 0. The lowest BCUT2D eigenvalue weighted by molar-refractivity contribution is -0.385. The van der Waals surface area contributed by atoms with E-state index in [1.54, 1.807) is 0 Å². The number of ether oxygens (including phenoxy) is 1. The molecule has 1 rings (SSSR count). The van der Waals surface area contributed by atoms with Crippen LogP contribution in [0, 0.1) is 15.5 Å². The second kappa shape index (κ2) is 6.25. The summed E-state index contributed by atoms with van der Waals surface area (Å²) >= 11 is 10.8. The molecule has 4 nitrogen and oxygen atoms in total. The smallest absolute Gasteiger partial charge is 0.271 e. The van der Waals surface area contributed by atoms with Crippen molar-refractivity contribution in [3.63, 3.8) is 0 Å². The van der Waals surface area contributed by atoms with Crippen LogP contribution in [0.15, 0.2) is 21.1 Å². The van der Waals surface area contributed by atoms with Crippen molar-refractivity contribution in [1.29, 1.82) is 0 Å². The summed E-state index contributed by atoms with van der Waals surface area (Å²) in [6, 6.07) is 2.85. The van der Waals surface area contributed by atoms with Gasteiger partial charge in [-0.25, -0.2) is 0 Å². The number of hydrogen-bond donors (Lipinski definition) is 1. The Kier molecular flexibility index (Phi) is 5.48. The van der Waals surface area contributed by atoms with Gasteiger partial charge in [-0.2, -0.15) is 12.6 Å². The first-order chi connectivity index (χ1) is 8.26. The molecule has 0 bridgehead atoms. The van der Waals surface area contributed by atoms with Crippen LogP contribution in [0.1, 0.15) is 13.8 Å². The Morgan fingerprint density at radius 3 is 2.28 bits per heavy atom. The van der Waals surface area contributed by atoms with Crippen molar-refractivity contribution >= 4 is 50.2 Å². The molecule has 0 amide bonds. The van der Waals surface area contributed by atoms with Crippen LogP contribution in [-0.2, 0) is 0 Å². The van der Waals surface area contributed by atoms with Crippen LogP contribution in [0.5, 0.6) is 5.75 Å². The minimum atomic E-state index is -0.447. The molecule has 1 aromatic rings. The molecule has 0 saturated heterocycles. The van der Waals surface area contributed by atoms with Crippen LogP contribution >= 0.6 is 44.5 Å². The highest BCUT2D eigenvalue weighted by atomic mass is 79.9. The molecule has 0 aromatic heterocycles. The number of rotatable bonds is 5. The normalized spacial score (nSPS) is 11.4. The summed E-state index contributed by atoms with van der Waals surface area (Å²) in [7, 11) is 0. The highest BCUT2D eigenvalue weighted by Gasteiger charge is 2.20. The maximum absolute atomic E-state index is 10.7. The third-order valence-electron chi connectivity index (χ3n) is 2.23. The molecule has 0 N–H and O–H groups in total. The Morgan fingerprint density at radius 1 is 1.39 bits per heavy atom. The fourth-order valence-corrected chi connectivity index (χ4v) is 2.59. The molecule has 0 unspecified atom stereocenters. The first kappa shape index (κ1) is 15.8. The maximum Gasteiger partial charge on any atom is 0.271 e. The van der Waals surface area contributed by atoms with Crippen molar-refractivity contribution in [1.82, 2.24) is 0 Å². The van der Waals surface area contributed by atoms with Gasteiger partial charge in [-0.05, 0) is 37.6 Å². The van der Waals surface area contributed by atoms with E-state index in [1.807, 2.05) is 13.8 Å². The van der Waals surface area contributed by atoms with Gasteiger partial charge in [-0.1, -0.05) is 13.8 Å². The largest absolute Gasteiger partial charge is 0.491 e. The van der Waals surface area contributed by atoms with Crippen molar-refractivity contribution in [2.45, 2.75) is 13.8 Å². The standard InChI is InChI=1S/C11H13Br2NO3S/c1-11(2,6-18)5-17-10-8(12)3-7(14(15)16)4-9(10)13/h3-4,18H,5-6H2,1-2H3. The Hall–Kier alpha value is -0.270. The van der Waals surface area contributed by atoms with Crippen molar-refractivity contribution in [3.8, 4) is 5.75 Å². The summed E-state index contributed by atoms with van der Waals surface area (Å²) in [6.45, 7) is 4.55. The molecule has 0 aliphatic carbocycles. The molecule has 0 aliphatic rings. The van der Waals surface area contributed by atoms with Gasteiger partial charge in [0.15, 0.2) is 0 Å². The minimum Gasteiger partial charge on any atom is -0.491 e. The minimum absolute atomic E-state index is 0.00885. The zero-order valence-electron chi connectivity index (χ0n) is 9.94. The van der Waals surface area contributed by atoms with Crippen molar-refractivity contribution in [2.75, 3.05) is 12.4 Å². The monoisotopic (exact) mass is 397 g/mol. The predicted molar refractivity (Wildman–Crippen MR) is 81.6 cm³/mol. The van der Waals surface area contributed by atoms with Gasteiger partial charge in [0.2, 0.25) is 0 Å². The Labute approximate surface area is 128 Å². The van der Waals surface area contributed by atoms with Crippen LogP contribution in [0.4, 0.5) is 5.69 Å². The van der Waals surface area contributed by atoms with E-state index < -0.39 is 4.92 Å². The van der Waals surface area contributed by atoms with Gasteiger partial charge in [-0.3, -0.25) is 10.1 Å². The Bertz CT molecular complexity index is 443. The van der Waals surface area contributed by atoms with Gasteiger partial charge in [0.1, 0.15) is 5.75 Å². The predicted octanol–water partition coefficient (Wildman–Crippen LogP) is 4.45. The number of hydrogen-bond acceptors (Lipinski definition) is 4. The zero-order valence-corrected chi connectivity index (χ0v) is 14.0. The van der Waals surface area contributed by atoms with Crippen molar-refractivity contribution in [3.05, 3.63) is 31.2 Å². The average molecular weight is 399 g/mol. The summed E-state index contributed by atoms with van der Waals surface area (Å²) in [5.74, 6) is 1.25. The summed E-state index contributed by atoms with van der Waals surface area (Å²) in [5, 5.41) is 10.7. The fourth-order valence-electron chi connectivity index (χ4n) is 1.10. The lowest BCUT2D eigenvalue weighted by Crippen LogP contribution is -2.23. The third kappa shape index (κ3) is 4.13. The molecule has 0 atom stereocenters. The highest BCUT2D eigenvalue weighted by Crippen LogP contribution is 2.38. The number of halogens is 2. The summed E-state index contributed by atoms with van der Waals surface area (Å²) in [4.78, 5) is 10.2. The highest BCUT2D eigenvalue weighted by molar-refractivity contribution is 9.11. The van der Waals surface area contributed by atoms with Gasteiger partial charge in [-0.15, -0.1) is 0 Å². The Balaban J connectivity index is 2.94. The summed E-state index contributed by atoms with van der Waals surface area (Å²) < 4.78 is 6.80. The van der Waals surface area contributed by atoms with Gasteiger partial charge in [0.05, 0.1) is 20.5 Å². The van der Waals surface area contributed by atoms with E-state index in [0.717, 1.165) is 0 Å². The molecule has 0 aliphatic heterocycles. The molecule has 18 heavy (non-hydrogen) atoms. The topological polar surface area (TPSA) is 52.4 Å². The molecule has 0 heterocycles. The van der Waals surface area contributed by atoms with Crippen molar-refractivity contribution < 1.29 is 9.66 Å². The molecular weight excluding hydrogens is 386 g/mol. The van der Waals surface area contributed by atoms with Crippen molar-refractivity contribution in [2.24, 2.45) is 5.41 Å². The van der Waals surface area contributed by atoms with E-state index in [9.17, 15) is 10.1 Å². The number of nitro groups is 1. The van der Waals surface area contributed by atoms with Crippen LogP contribution in [0.2, 0.25) is 0 Å². The van der Waals surface area contributed by atoms with E-state index >= 15 is 0 Å². The fraction of sp³-hybridized carbons (Fsp3) is 0.455. The second-order valence-electron chi connectivity index (χ2n) is 4.61. The molecule has 100 valence electrons. The molecule has 1 aromatic carbocycles. The average Bonchev–Trinajstić information content (AvgIpc) is 2.27. The lowest BCUT2D eigenvalue weighted by atomic mass is 9.98. The number of thiol groups is 1. The van der Waals surface area contributed by atoms with Gasteiger partial charge in [0.25, 0.3) is 5.69 Å². The number of nitro benzene ring substituents is 1. The second-order valence-corrected chi connectivity index (χ2v) is 6.63. The third-order valence-corrected chi connectivity index (χ3v) is 4.26. The van der Waals surface area contributed by atoms with Crippen LogP contribution in [-0.4, -0.2) is 17.3 Å². The van der Waals surface area contributed by atoms with E-state index in [1.165, 1.54) is 12.1 Å². The quantitative estimate of drug-likeness (QED) is 0.452. The molecule has 0 fully saturated rings. The van der Waals surface area contributed by atoms with Crippen LogP contribution in [0.25, 0.3) is 0 Å². The van der Waals surface area contributed by atoms with Crippen LogP contribution in [0.3, 0.4) is 0 Å². The van der Waals surface area contributed by atoms with E-state index in [4.69, 9.17) is 4.74 Å². The first-order valence-corrected chi connectivity index (χ1v) is 7.36. The molecule has 7 heteroatoms. The van der Waals surface area contributed by atoms with E-state index in [2.05, 4.69) is 44.5 Å². The first-order valence-electron chi connectivity index (χ1n) is 5.14. The number of benzene rings is 1.